The highest BCUT2D eigenvalue weighted by molar-refractivity contribution is 7.80. The van der Waals surface area contributed by atoms with E-state index >= 15 is 0 Å². The Morgan fingerprint density at radius 3 is 2.27 bits per heavy atom. The first kappa shape index (κ1) is 19.6. The van der Waals surface area contributed by atoms with Gasteiger partial charge in [-0.3, -0.25) is 21.0 Å². The van der Waals surface area contributed by atoms with E-state index in [4.69, 9.17) is 29.2 Å². The van der Waals surface area contributed by atoms with Crippen LogP contribution in [0.4, 0.5) is 5.69 Å². The molecule has 6 nitrogen and oxygen atoms in total. The number of rotatable bonds is 5. The molecule has 0 spiro atoms. The van der Waals surface area contributed by atoms with E-state index in [2.05, 4.69) is 28.4 Å². The summed E-state index contributed by atoms with van der Waals surface area (Å²) in [7, 11) is 0. The number of ether oxygens (including phenoxy) is 1. The van der Waals surface area contributed by atoms with Crippen molar-refractivity contribution >= 4 is 46.3 Å². The lowest BCUT2D eigenvalue weighted by Crippen LogP contribution is -2.50. The van der Waals surface area contributed by atoms with Gasteiger partial charge in [-0.1, -0.05) is 37.3 Å². The molecule has 0 bridgehead atoms. The number of amides is 1. The van der Waals surface area contributed by atoms with Crippen molar-refractivity contribution in [1.82, 2.24) is 16.2 Å². The first-order chi connectivity index (χ1) is 12.6. The number of hydrogen-bond acceptors (Lipinski definition) is 4. The molecule has 0 aliphatic rings. The minimum absolute atomic E-state index is 0.0946. The lowest BCUT2D eigenvalue weighted by atomic mass is 10.2. The quantitative estimate of drug-likeness (QED) is 0.463. The first-order valence-electron chi connectivity index (χ1n) is 8.00. The summed E-state index contributed by atoms with van der Waals surface area (Å²) < 4.78 is 5.41. The van der Waals surface area contributed by atoms with Crippen molar-refractivity contribution in [2.24, 2.45) is 0 Å². The number of para-hydroxylation sites is 1. The Hall–Kier alpha value is -2.71. The number of hydrogen-bond donors (Lipinski definition) is 4. The zero-order valence-electron chi connectivity index (χ0n) is 14.2. The van der Waals surface area contributed by atoms with Crippen LogP contribution in [0.5, 0.6) is 5.75 Å². The molecule has 1 amide bonds. The summed E-state index contributed by atoms with van der Waals surface area (Å²) in [6.45, 7) is 1.94. The number of carbonyl (C=O) groups is 1. The van der Waals surface area contributed by atoms with Crippen molar-refractivity contribution in [3.63, 3.8) is 0 Å². The molecule has 0 heterocycles. The van der Waals surface area contributed by atoms with Crippen LogP contribution in [-0.2, 0) is 11.2 Å². The van der Waals surface area contributed by atoms with Crippen LogP contribution in [-0.4, -0.2) is 22.7 Å². The third-order valence-electron chi connectivity index (χ3n) is 3.28. The molecule has 0 aliphatic heterocycles. The van der Waals surface area contributed by atoms with Gasteiger partial charge >= 0.3 is 0 Å². The fraction of sp³-hybridized carbons (Fsp3) is 0.167. The second kappa shape index (κ2) is 10.3. The Bertz CT molecular complexity index is 752. The normalized spacial score (nSPS) is 9.73. The van der Waals surface area contributed by atoms with Crippen molar-refractivity contribution in [1.29, 1.82) is 0 Å². The van der Waals surface area contributed by atoms with Crippen molar-refractivity contribution in [2.45, 2.75) is 13.3 Å². The largest absolute Gasteiger partial charge is 0.484 e. The van der Waals surface area contributed by atoms with Crippen LogP contribution in [0.15, 0.2) is 54.6 Å². The molecule has 2 aromatic carbocycles. The molecule has 0 radical (unpaired) electrons. The van der Waals surface area contributed by atoms with Gasteiger partial charge in [0.2, 0.25) is 0 Å². The van der Waals surface area contributed by atoms with Crippen LogP contribution in [0.2, 0.25) is 0 Å². The highest BCUT2D eigenvalue weighted by Gasteiger charge is 2.06. The molecular weight excluding hydrogens is 368 g/mol. The summed E-state index contributed by atoms with van der Waals surface area (Å²) in [5.74, 6) is 0.258. The third kappa shape index (κ3) is 7.04. The van der Waals surface area contributed by atoms with E-state index in [9.17, 15) is 4.79 Å². The number of aryl methyl sites for hydroxylation is 1. The number of anilines is 1. The van der Waals surface area contributed by atoms with Crippen molar-refractivity contribution in [2.75, 3.05) is 11.9 Å². The van der Waals surface area contributed by atoms with Gasteiger partial charge in [0.15, 0.2) is 16.8 Å². The van der Waals surface area contributed by atoms with Crippen LogP contribution < -0.4 is 26.2 Å². The highest BCUT2D eigenvalue weighted by Crippen LogP contribution is 2.12. The lowest BCUT2D eigenvalue weighted by molar-refractivity contribution is -0.121. The Labute approximate surface area is 163 Å². The molecule has 4 N–H and O–H groups in total. The highest BCUT2D eigenvalue weighted by atomic mass is 32.1. The number of thiocarbonyl (C=S) groups is 2. The van der Waals surface area contributed by atoms with E-state index < -0.39 is 0 Å². The zero-order valence-corrected chi connectivity index (χ0v) is 15.9. The molecule has 0 atom stereocenters. The minimum atomic E-state index is -0.370. The summed E-state index contributed by atoms with van der Waals surface area (Å²) >= 11 is 10.2. The number of nitrogens with one attached hydrogen (secondary N) is 4. The van der Waals surface area contributed by atoms with E-state index in [0.717, 1.165) is 12.1 Å². The van der Waals surface area contributed by atoms with E-state index in [-0.39, 0.29) is 17.6 Å². The van der Waals surface area contributed by atoms with E-state index in [1.165, 1.54) is 5.56 Å². The summed E-state index contributed by atoms with van der Waals surface area (Å²) in [6, 6.07) is 17.0. The van der Waals surface area contributed by atoms with E-state index in [1.54, 1.807) is 0 Å². The second-order valence-corrected chi connectivity index (χ2v) is 6.05. The SMILES string of the molecule is CCc1ccc(OCC(=O)NC(=S)NNC(=S)Nc2ccccc2)cc1. The van der Waals surface area contributed by atoms with Gasteiger partial charge in [0.25, 0.3) is 5.91 Å². The van der Waals surface area contributed by atoms with Crippen LogP contribution in [0.25, 0.3) is 0 Å². The predicted molar refractivity (Wildman–Crippen MR) is 111 cm³/mol. The maximum absolute atomic E-state index is 11.8. The van der Waals surface area contributed by atoms with E-state index in [0.29, 0.717) is 10.9 Å². The van der Waals surface area contributed by atoms with Gasteiger partial charge in [0, 0.05) is 5.69 Å². The van der Waals surface area contributed by atoms with Crippen LogP contribution in [0.1, 0.15) is 12.5 Å². The van der Waals surface area contributed by atoms with Crippen molar-refractivity contribution < 1.29 is 9.53 Å². The van der Waals surface area contributed by atoms with Crippen LogP contribution >= 0.6 is 24.4 Å². The summed E-state index contributed by atoms with van der Waals surface area (Å²) in [5.41, 5.74) is 7.38. The van der Waals surface area contributed by atoms with Crippen molar-refractivity contribution in [3.8, 4) is 5.75 Å². The molecule has 0 aromatic heterocycles. The minimum Gasteiger partial charge on any atom is -0.484 e. The smallest absolute Gasteiger partial charge is 0.264 e. The van der Waals surface area contributed by atoms with Crippen LogP contribution in [0, 0.1) is 0 Å². The van der Waals surface area contributed by atoms with Crippen molar-refractivity contribution in [3.05, 3.63) is 60.2 Å². The Morgan fingerprint density at radius 1 is 0.962 bits per heavy atom. The molecule has 0 fully saturated rings. The fourth-order valence-corrected chi connectivity index (χ4v) is 2.30. The summed E-state index contributed by atoms with van der Waals surface area (Å²) in [4.78, 5) is 11.8. The van der Waals surface area contributed by atoms with E-state index in [1.807, 2.05) is 54.6 Å². The molecule has 26 heavy (non-hydrogen) atoms. The van der Waals surface area contributed by atoms with Crippen LogP contribution in [0.3, 0.4) is 0 Å². The monoisotopic (exact) mass is 388 g/mol. The third-order valence-corrected chi connectivity index (χ3v) is 3.68. The Kier molecular flexibility index (Phi) is 7.78. The Balaban J connectivity index is 1.66. The standard InChI is InChI=1S/C18H20N4O2S2/c1-2-13-8-10-15(11-9-13)24-12-16(23)20-18(26)22-21-17(25)19-14-6-4-3-5-7-14/h3-11H,2,12H2,1H3,(H2,19,21,25)(H2,20,22,23,26). The molecule has 8 heteroatoms. The number of carbonyl (C=O) groups excluding carboxylic acids is 1. The van der Waals surface area contributed by atoms with Gasteiger partial charge in [-0.05, 0) is 60.7 Å². The van der Waals surface area contributed by atoms with Gasteiger partial charge in [-0.15, -0.1) is 0 Å². The fourth-order valence-electron chi connectivity index (χ4n) is 1.96. The lowest BCUT2D eigenvalue weighted by Gasteiger charge is -2.14. The van der Waals surface area contributed by atoms with Gasteiger partial charge in [-0.25, -0.2) is 0 Å². The number of hydrazine groups is 1. The molecule has 0 aliphatic carbocycles. The molecule has 0 unspecified atom stereocenters. The molecule has 136 valence electrons. The van der Waals surface area contributed by atoms with Gasteiger partial charge in [0.05, 0.1) is 0 Å². The maximum Gasteiger partial charge on any atom is 0.264 e. The molecular formula is C18H20N4O2S2. The second-order valence-electron chi connectivity index (χ2n) is 5.23. The molecule has 0 saturated carbocycles. The zero-order chi connectivity index (χ0) is 18.8. The predicted octanol–water partition coefficient (Wildman–Crippen LogP) is 2.52. The average molecular weight is 389 g/mol. The molecule has 2 aromatic rings. The van der Waals surface area contributed by atoms with Gasteiger partial charge in [0.1, 0.15) is 5.75 Å². The summed E-state index contributed by atoms with van der Waals surface area (Å²) in [5, 5.41) is 5.88. The topological polar surface area (TPSA) is 74.4 Å². The van der Waals surface area contributed by atoms with Gasteiger partial charge in [-0.2, -0.15) is 0 Å². The maximum atomic E-state index is 11.8. The molecule has 0 saturated heterocycles. The summed E-state index contributed by atoms with van der Waals surface area (Å²) in [6.07, 6.45) is 0.953. The molecule has 2 rings (SSSR count). The number of benzene rings is 2. The first-order valence-corrected chi connectivity index (χ1v) is 8.82. The van der Waals surface area contributed by atoms with Gasteiger partial charge < -0.3 is 10.1 Å². The Morgan fingerprint density at radius 2 is 1.62 bits per heavy atom. The average Bonchev–Trinajstić information content (AvgIpc) is 2.66.